The van der Waals surface area contributed by atoms with Gasteiger partial charge in [-0.3, -0.25) is 0 Å². The summed E-state index contributed by atoms with van der Waals surface area (Å²) in [7, 11) is 0. The Bertz CT molecular complexity index is 148. The van der Waals surface area contributed by atoms with Crippen molar-refractivity contribution < 1.29 is 24.9 Å². The van der Waals surface area contributed by atoms with E-state index in [2.05, 4.69) is 0 Å². The van der Waals surface area contributed by atoms with Crippen LogP contribution in [0.4, 0.5) is 0 Å². The maximum Gasteiger partial charge on any atom is 0.151 e. The average molecular weight is 162 g/mol. The van der Waals surface area contributed by atoms with Crippen molar-refractivity contribution in [1.29, 1.82) is 0 Å². The van der Waals surface area contributed by atoms with E-state index in [4.69, 9.17) is 20.1 Å². The summed E-state index contributed by atoms with van der Waals surface area (Å²) in [6.45, 7) is -0.0449. The molecule has 0 spiro atoms. The van der Waals surface area contributed by atoms with E-state index in [9.17, 15) is 4.79 Å². The van der Waals surface area contributed by atoms with Gasteiger partial charge in [-0.05, 0) is 0 Å². The van der Waals surface area contributed by atoms with Crippen LogP contribution in [-0.4, -0.2) is 52.6 Å². The molecule has 5 heteroatoms. The quantitative estimate of drug-likeness (QED) is 0.396. The van der Waals surface area contributed by atoms with Gasteiger partial charge in [-0.2, -0.15) is 0 Å². The molecular weight excluding hydrogens is 152 g/mol. The van der Waals surface area contributed by atoms with E-state index in [1.807, 2.05) is 0 Å². The first-order chi connectivity index (χ1) is 5.16. The molecule has 4 atom stereocenters. The fraction of sp³-hybridized carbons (Fsp3) is 0.833. The molecule has 0 saturated carbocycles. The lowest BCUT2D eigenvalue weighted by molar-refractivity contribution is -0.124. The molecule has 0 aromatic rings. The Morgan fingerprint density at radius 2 is 2.18 bits per heavy atom. The molecule has 11 heavy (non-hydrogen) atoms. The average Bonchev–Trinajstić information content (AvgIpc) is 2.32. The van der Waals surface area contributed by atoms with Gasteiger partial charge in [0.1, 0.15) is 24.4 Å². The van der Waals surface area contributed by atoms with Crippen LogP contribution in [0.25, 0.3) is 0 Å². The number of aliphatic hydroxyl groups excluding tert-OH is 3. The smallest absolute Gasteiger partial charge is 0.151 e. The van der Waals surface area contributed by atoms with Crippen LogP contribution in [0.2, 0.25) is 0 Å². The maximum absolute atomic E-state index is 10.0. The lowest BCUT2D eigenvalue weighted by Gasteiger charge is -2.15. The third kappa shape index (κ3) is 1.57. The first kappa shape index (κ1) is 8.61. The molecule has 3 unspecified atom stereocenters. The second kappa shape index (κ2) is 3.27. The van der Waals surface area contributed by atoms with Crippen molar-refractivity contribution in [1.82, 2.24) is 0 Å². The van der Waals surface area contributed by atoms with Crippen molar-refractivity contribution >= 4 is 6.29 Å². The van der Waals surface area contributed by atoms with Gasteiger partial charge < -0.3 is 24.9 Å². The standard InChI is InChI=1S/C6H10O5/c7-1-3(8)6-5(10)4(9)2-11-6/h1,3-6,8-10H,2H2/t3?,4?,5?,6-/m1/s1. The molecule has 1 fully saturated rings. The summed E-state index contributed by atoms with van der Waals surface area (Å²) >= 11 is 0. The van der Waals surface area contributed by atoms with Gasteiger partial charge >= 0.3 is 0 Å². The topological polar surface area (TPSA) is 87.0 Å². The number of carbonyl (C=O) groups excluding carboxylic acids is 1. The summed E-state index contributed by atoms with van der Waals surface area (Å²) in [5, 5.41) is 26.9. The predicted molar refractivity (Wildman–Crippen MR) is 33.8 cm³/mol. The number of aliphatic hydroxyl groups is 3. The van der Waals surface area contributed by atoms with Crippen LogP contribution < -0.4 is 0 Å². The lowest BCUT2D eigenvalue weighted by Crippen LogP contribution is -2.39. The molecule has 5 nitrogen and oxygen atoms in total. The SMILES string of the molecule is O=CC(O)[C@H]1OCC(O)C1O. The van der Waals surface area contributed by atoms with Gasteiger partial charge in [0.15, 0.2) is 6.29 Å². The third-order valence-corrected chi connectivity index (χ3v) is 1.67. The number of hydrogen-bond acceptors (Lipinski definition) is 5. The van der Waals surface area contributed by atoms with Crippen LogP contribution in [0.5, 0.6) is 0 Å². The van der Waals surface area contributed by atoms with Gasteiger partial charge in [-0.1, -0.05) is 0 Å². The normalized spacial score (nSPS) is 40.5. The van der Waals surface area contributed by atoms with E-state index in [0.717, 1.165) is 0 Å². The van der Waals surface area contributed by atoms with Crippen LogP contribution in [0.1, 0.15) is 0 Å². The number of aldehydes is 1. The van der Waals surface area contributed by atoms with Gasteiger partial charge in [0.05, 0.1) is 6.61 Å². The Morgan fingerprint density at radius 1 is 1.55 bits per heavy atom. The van der Waals surface area contributed by atoms with Crippen molar-refractivity contribution in [2.45, 2.75) is 24.4 Å². The molecule has 0 bridgehead atoms. The number of hydrogen-bond donors (Lipinski definition) is 3. The molecule has 1 aliphatic heterocycles. The fourth-order valence-electron chi connectivity index (χ4n) is 1.00. The highest BCUT2D eigenvalue weighted by Gasteiger charge is 2.38. The van der Waals surface area contributed by atoms with E-state index >= 15 is 0 Å². The van der Waals surface area contributed by atoms with Crippen LogP contribution in [0.15, 0.2) is 0 Å². The third-order valence-electron chi connectivity index (χ3n) is 1.67. The van der Waals surface area contributed by atoms with Gasteiger partial charge in [0, 0.05) is 0 Å². The molecule has 3 N–H and O–H groups in total. The largest absolute Gasteiger partial charge is 0.388 e. The Balaban J connectivity index is 2.54. The van der Waals surface area contributed by atoms with Crippen LogP contribution >= 0.6 is 0 Å². The minimum atomic E-state index is -1.36. The first-order valence-electron chi connectivity index (χ1n) is 3.28. The number of ether oxygens (including phenoxy) is 1. The lowest BCUT2D eigenvalue weighted by atomic mass is 10.1. The molecule has 1 rings (SSSR count). The second-order valence-corrected chi connectivity index (χ2v) is 2.48. The molecule has 0 aliphatic carbocycles. The van der Waals surface area contributed by atoms with Gasteiger partial charge in [0.25, 0.3) is 0 Å². The van der Waals surface area contributed by atoms with E-state index in [-0.39, 0.29) is 12.9 Å². The van der Waals surface area contributed by atoms with Gasteiger partial charge in [0.2, 0.25) is 0 Å². The zero-order chi connectivity index (χ0) is 8.43. The molecule has 0 radical (unpaired) electrons. The Morgan fingerprint density at radius 3 is 2.55 bits per heavy atom. The molecule has 0 aromatic carbocycles. The summed E-state index contributed by atoms with van der Waals surface area (Å²) in [5.74, 6) is 0. The molecule has 1 aliphatic rings. The monoisotopic (exact) mass is 162 g/mol. The Labute approximate surface area is 63.2 Å². The molecular formula is C6H10O5. The van der Waals surface area contributed by atoms with Crippen molar-refractivity contribution in [3.8, 4) is 0 Å². The zero-order valence-electron chi connectivity index (χ0n) is 5.75. The highest BCUT2D eigenvalue weighted by Crippen LogP contribution is 2.16. The van der Waals surface area contributed by atoms with E-state index in [1.165, 1.54) is 0 Å². The minimum Gasteiger partial charge on any atom is -0.388 e. The summed E-state index contributed by atoms with van der Waals surface area (Å²) in [6.07, 6.45) is -4.25. The number of carbonyl (C=O) groups is 1. The minimum absolute atomic E-state index is 0.0449. The van der Waals surface area contributed by atoms with Crippen molar-refractivity contribution in [3.05, 3.63) is 0 Å². The number of rotatable bonds is 2. The maximum atomic E-state index is 10.0. The van der Waals surface area contributed by atoms with E-state index < -0.39 is 24.4 Å². The summed E-state index contributed by atoms with van der Waals surface area (Å²) in [4.78, 5) is 10.0. The molecule has 0 amide bonds. The fourth-order valence-corrected chi connectivity index (χ4v) is 1.00. The van der Waals surface area contributed by atoms with Gasteiger partial charge in [-0.25, -0.2) is 0 Å². The summed E-state index contributed by atoms with van der Waals surface area (Å²) in [5.41, 5.74) is 0. The first-order valence-corrected chi connectivity index (χ1v) is 3.28. The van der Waals surface area contributed by atoms with E-state index in [0.29, 0.717) is 0 Å². The predicted octanol–water partition coefficient (Wildman–Crippen LogP) is -2.33. The molecule has 1 heterocycles. The molecule has 0 aromatic heterocycles. The van der Waals surface area contributed by atoms with Gasteiger partial charge in [-0.15, -0.1) is 0 Å². The van der Waals surface area contributed by atoms with Crippen LogP contribution in [0.3, 0.4) is 0 Å². The van der Waals surface area contributed by atoms with E-state index in [1.54, 1.807) is 0 Å². The van der Waals surface area contributed by atoms with Crippen LogP contribution in [-0.2, 0) is 9.53 Å². The molecule has 64 valence electrons. The highest BCUT2D eigenvalue weighted by atomic mass is 16.5. The van der Waals surface area contributed by atoms with Crippen molar-refractivity contribution in [2.75, 3.05) is 6.61 Å². The van der Waals surface area contributed by atoms with Crippen molar-refractivity contribution in [3.63, 3.8) is 0 Å². The van der Waals surface area contributed by atoms with Crippen molar-refractivity contribution in [2.24, 2.45) is 0 Å². The molecule has 1 saturated heterocycles. The summed E-state index contributed by atoms with van der Waals surface area (Å²) in [6, 6.07) is 0. The Kier molecular flexibility index (Phi) is 2.56. The second-order valence-electron chi connectivity index (χ2n) is 2.48. The summed E-state index contributed by atoms with van der Waals surface area (Å²) < 4.78 is 4.75. The highest BCUT2D eigenvalue weighted by molar-refractivity contribution is 5.57. The van der Waals surface area contributed by atoms with Crippen LogP contribution in [0, 0.1) is 0 Å². The zero-order valence-corrected chi connectivity index (χ0v) is 5.75. The Hall–Kier alpha value is -0.490.